The van der Waals surface area contributed by atoms with E-state index in [0.29, 0.717) is 49.7 Å². The van der Waals surface area contributed by atoms with Crippen LogP contribution in [0.2, 0.25) is 0 Å². The Kier molecular flexibility index (Phi) is 10.3. The number of hydrogen-bond donors (Lipinski definition) is 3. The van der Waals surface area contributed by atoms with Crippen LogP contribution in [0.1, 0.15) is 39.9 Å². The number of hydrogen-bond acceptors (Lipinski definition) is 8. The fourth-order valence-corrected chi connectivity index (χ4v) is 3.81. The lowest BCUT2D eigenvalue weighted by molar-refractivity contribution is -0.127. The smallest absolute Gasteiger partial charge is 0.246 e. The van der Waals surface area contributed by atoms with Crippen LogP contribution in [-0.2, 0) is 37.0 Å². The first-order valence-corrected chi connectivity index (χ1v) is 12.5. The van der Waals surface area contributed by atoms with Crippen molar-refractivity contribution < 1.29 is 28.9 Å². The molecule has 0 aliphatic carbocycles. The molecule has 2 amide bonds. The van der Waals surface area contributed by atoms with Gasteiger partial charge >= 0.3 is 0 Å². The summed E-state index contributed by atoms with van der Waals surface area (Å²) in [5.74, 6) is 0.0450. The number of anilines is 1. The van der Waals surface area contributed by atoms with E-state index in [4.69, 9.17) is 19.2 Å². The number of aliphatic hydroxyl groups is 1. The predicted molar refractivity (Wildman–Crippen MR) is 140 cm³/mol. The molecule has 2 heterocycles. The first-order valence-electron chi connectivity index (χ1n) is 12.5. The van der Waals surface area contributed by atoms with Crippen molar-refractivity contribution in [3.63, 3.8) is 0 Å². The highest BCUT2D eigenvalue weighted by Gasteiger charge is 2.23. The minimum atomic E-state index is -1.02. The van der Waals surface area contributed by atoms with E-state index < -0.39 is 17.4 Å². The summed E-state index contributed by atoms with van der Waals surface area (Å²) in [6.07, 6.45) is 0.691. The Morgan fingerprint density at radius 1 is 1.03 bits per heavy atom. The minimum absolute atomic E-state index is 0.139. The molecule has 3 N–H and O–H groups in total. The standard InChI is InChI=1S/C26H37N5O6/c1-5-35-12-9-13-37-16-22(33)27-14-21(32)30-25-23-24(18-10-7-8-11-19(18)28-25)31(17-26(3,4)34)20(29-23)15-36-6-2/h7-8,10-11,34H,5-6,9,12-17H2,1-4H3,(H,27,33)(H,28,30,32). The van der Waals surface area contributed by atoms with Gasteiger partial charge in [-0.15, -0.1) is 0 Å². The maximum atomic E-state index is 12.7. The number of pyridine rings is 1. The molecule has 2 aromatic heterocycles. The van der Waals surface area contributed by atoms with Crippen LogP contribution in [0.25, 0.3) is 21.9 Å². The highest BCUT2D eigenvalue weighted by molar-refractivity contribution is 6.10. The number of aromatic nitrogens is 3. The summed E-state index contributed by atoms with van der Waals surface area (Å²) in [6, 6.07) is 7.54. The van der Waals surface area contributed by atoms with Gasteiger partial charge in [0.15, 0.2) is 5.82 Å². The number of carbonyl (C=O) groups excluding carboxylic acids is 2. The summed E-state index contributed by atoms with van der Waals surface area (Å²) in [4.78, 5) is 34.1. The Morgan fingerprint density at radius 2 is 1.76 bits per heavy atom. The molecule has 0 radical (unpaired) electrons. The van der Waals surface area contributed by atoms with E-state index in [1.807, 2.05) is 42.7 Å². The average molecular weight is 516 g/mol. The molecule has 0 saturated heterocycles. The zero-order valence-corrected chi connectivity index (χ0v) is 22.0. The Hall–Kier alpha value is -3.12. The van der Waals surface area contributed by atoms with Gasteiger partial charge in [-0.1, -0.05) is 18.2 Å². The van der Waals surface area contributed by atoms with Crippen molar-refractivity contribution in [1.82, 2.24) is 19.9 Å². The van der Waals surface area contributed by atoms with E-state index in [0.717, 1.165) is 10.9 Å². The second-order valence-corrected chi connectivity index (χ2v) is 9.17. The number of ether oxygens (including phenoxy) is 3. The third-order valence-corrected chi connectivity index (χ3v) is 5.36. The second kappa shape index (κ2) is 13.4. The minimum Gasteiger partial charge on any atom is -0.389 e. The first-order chi connectivity index (χ1) is 17.7. The summed E-state index contributed by atoms with van der Waals surface area (Å²) >= 11 is 0. The number of fused-ring (bicyclic) bond motifs is 3. The molecule has 0 unspecified atom stereocenters. The lowest BCUT2D eigenvalue weighted by Crippen LogP contribution is -2.35. The SMILES string of the molecule is CCOCCCOCC(=O)NCC(=O)Nc1nc2ccccc2c2c1nc(COCC)n2CC(C)(C)O. The van der Waals surface area contributed by atoms with Crippen molar-refractivity contribution in [1.29, 1.82) is 0 Å². The van der Waals surface area contributed by atoms with E-state index in [2.05, 4.69) is 15.6 Å². The van der Waals surface area contributed by atoms with Crippen LogP contribution in [0.5, 0.6) is 0 Å². The van der Waals surface area contributed by atoms with Crippen molar-refractivity contribution in [2.24, 2.45) is 0 Å². The van der Waals surface area contributed by atoms with Crippen LogP contribution in [0.15, 0.2) is 24.3 Å². The molecule has 0 bridgehead atoms. The molecular formula is C26H37N5O6. The van der Waals surface area contributed by atoms with Gasteiger partial charge in [-0.2, -0.15) is 0 Å². The van der Waals surface area contributed by atoms with Crippen LogP contribution in [0.3, 0.4) is 0 Å². The summed E-state index contributed by atoms with van der Waals surface area (Å²) < 4.78 is 18.1. The molecule has 11 nitrogen and oxygen atoms in total. The number of amides is 2. The van der Waals surface area contributed by atoms with Gasteiger partial charge in [0.25, 0.3) is 0 Å². The molecule has 3 aromatic rings. The number of carbonyl (C=O) groups is 2. The van der Waals surface area contributed by atoms with Crippen LogP contribution >= 0.6 is 0 Å². The fourth-order valence-electron chi connectivity index (χ4n) is 3.81. The molecular weight excluding hydrogens is 478 g/mol. The summed E-state index contributed by atoms with van der Waals surface area (Å²) in [5.41, 5.74) is 0.865. The Balaban J connectivity index is 1.79. The molecule has 1 aromatic carbocycles. The van der Waals surface area contributed by atoms with Crippen molar-refractivity contribution in [3.05, 3.63) is 30.1 Å². The largest absolute Gasteiger partial charge is 0.389 e. The van der Waals surface area contributed by atoms with E-state index in [9.17, 15) is 14.7 Å². The summed E-state index contributed by atoms with van der Waals surface area (Å²) in [5, 5.41) is 16.8. The van der Waals surface area contributed by atoms with Crippen molar-refractivity contribution in [2.75, 3.05) is 44.9 Å². The summed E-state index contributed by atoms with van der Waals surface area (Å²) in [7, 11) is 0. The van der Waals surface area contributed by atoms with Gasteiger partial charge in [0, 0.05) is 31.8 Å². The van der Waals surface area contributed by atoms with Gasteiger partial charge in [0.05, 0.1) is 29.7 Å². The third-order valence-electron chi connectivity index (χ3n) is 5.36. The van der Waals surface area contributed by atoms with E-state index in [1.165, 1.54) is 0 Å². The molecule has 0 aliphatic rings. The monoisotopic (exact) mass is 515 g/mol. The molecule has 0 spiro atoms. The molecule has 0 saturated carbocycles. The normalized spacial score (nSPS) is 11.8. The zero-order valence-electron chi connectivity index (χ0n) is 22.0. The zero-order chi connectivity index (χ0) is 26.8. The fraction of sp³-hybridized carbons (Fsp3) is 0.538. The molecule has 0 atom stereocenters. The maximum absolute atomic E-state index is 12.7. The number of imidazole rings is 1. The van der Waals surface area contributed by atoms with E-state index in [1.54, 1.807) is 13.8 Å². The van der Waals surface area contributed by atoms with Crippen molar-refractivity contribution >= 4 is 39.6 Å². The lowest BCUT2D eigenvalue weighted by atomic mass is 10.1. The second-order valence-electron chi connectivity index (χ2n) is 9.17. The first kappa shape index (κ1) is 28.5. The number of nitrogens with one attached hydrogen (secondary N) is 2. The maximum Gasteiger partial charge on any atom is 0.246 e. The molecule has 11 heteroatoms. The molecule has 0 aliphatic heterocycles. The quantitative estimate of drug-likeness (QED) is 0.263. The number of para-hydroxylation sites is 1. The number of nitrogens with zero attached hydrogens (tertiary/aromatic N) is 3. The Morgan fingerprint density at radius 3 is 2.49 bits per heavy atom. The lowest BCUT2D eigenvalue weighted by Gasteiger charge is -2.20. The summed E-state index contributed by atoms with van der Waals surface area (Å²) in [6.45, 7) is 9.50. The highest BCUT2D eigenvalue weighted by atomic mass is 16.5. The molecule has 0 fully saturated rings. The van der Waals surface area contributed by atoms with Crippen LogP contribution < -0.4 is 10.6 Å². The average Bonchev–Trinajstić information content (AvgIpc) is 3.20. The highest BCUT2D eigenvalue weighted by Crippen LogP contribution is 2.31. The van der Waals surface area contributed by atoms with Crippen LogP contribution in [-0.4, -0.2) is 76.6 Å². The predicted octanol–water partition coefficient (Wildman–Crippen LogP) is 2.39. The topological polar surface area (TPSA) is 137 Å². The molecule has 3 rings (SSSR count). The van der Waals surface area contributed by atoms with Gasteiger partial charge in [0.1, 0.15) is 24.6 Å². The van der Waals surface area contributed by atoms with E-state index >= 15 is 0 Å². The molecule has 37 heavy (non-hydrogen) atoms. The van der Waals surface area contributed by atoms with Crippen LogP contribution in [0.4, 0.5) is 5.82 Å². The molecule has 202 valence electrons. The number of rotatable bonds is 15. The van der Waals surface area contributed by atoms with Crippen molar-refractivity contribution in [3.8, 4) is 0 Å². The van der Waals surface area contributed by atoms with E-state index in [-0.39, 0.29) is 32.1 Å². The van der Waals surface area contributed by atoms with Crippen molar-refractivity contribution in [2.45, 2.75) is 52.9 Å². The number of benzene rings is 1. The van der Waals surface area contributed by atoms with Crippen LogP contribution in [0, 0.1) is 0 Å². The van der Waals surface area contributed by atoms with Gasteiger partial charge in [-0.05, 0) is 40.2 Å². The van der Waals surface area contributed by atoms with Gasteiger partial charge in [-0.3, -0.25) is 9.59 Å². The Bertz CT molecular complexity index is 1200. The van der Waals surface area contributed by atoms with Gasteiger partial charge in [-0.25, -0.2) is 9.97 Å². The van der Waals surface area contributed by atoms with Gasteiger partial charge < -0.3 is 34.5 Å². The third kappa shape index (κ3) is 8.19. The van der Waals surface area contributed by atoms with Gasteiger partial charge in [0.2, 0.25) is 11.8 Å². The Labute approximate surface area is 216 Å².